The fourth-order valence-corrected chi connectivity index (χ4v) is 5.83. The predicted molar refractivity (Wildman–Crippen MR) is 125 cm³/mol. The van der Waals surface area contributed by atoms with Gasteiger partial charge in [0.1, 0.15) is 17.6 Å². The normalized spacial score (nSPS) is 28.7. The van der Waals surface area contributed by atoms with Crippen LogP contribution in [0.3, 0.4) is 0 Å². The van der Waals surface area contributed by atoms with Gasteiger partial charge >= 0.3 is 5.97 Å². The molecular formula is C28H36O4. The van der Waals surface area contributed by atoms with Gasteiger partial charge in [-0.05, 0) is 68.1 Å². The van der Waals surface area contributed by atoms with Crippen LogP contribution in [0.25, 0.3) is 0 Å². The van der Waals surface area contributed by atoms with Gasteiger partial charge in [0.05, 0.1) is 0 Å². The van der Waals surface area contributed by atoms with Crippen LogP contribution in [0.4, 0.5) is 0 Å². The lowest BCUT2D eigenvalue weighted by Crippen LogP contribution is -2.48. The molecule has 4 heteroatoms. The van der Waals surface area contributed by atoms with E-state index in [0.717, 1.165) is 30.6 Å². The van der Waals surface area contributed by atoms with Gasteiger partial charge in [-0.1, -0.05) is 57.5 Å². The molecule has 1 aromatic heterocycles. The number of carbonyl (C=O) groups excluding carboxylic acids is 2. The summed E-state index contributed by atoms with van der Waals surface area (Å²) >= 11 is 0. The average molecular weight is 437 g/mol. The molecule has 172 valence electrons. The van der Waals surface area contributed by atoms with Gasteiger partial charge in [0.15, 0.2) is 11.2 Å². The Morgan fingerprint density at radius 2 is 1.88 bits per heavy atom. The Kier molecular flexibility index (Phi) is 6.08. The number of aryl methyl sites for hydroxylation is 2. The van der Waals surface area contributed by atoms with Crippen molar-refractivity contribution in [2.45, 2.75) is 90.1 Å². The molecule has 0 saturated heterocycles. The van der Waals surface area contributed by atoms with Crippen LogP contribution < -0.4 is 0 Å². The Labute approximate surface area is 191 Å². The van der Waals surface area contributed by atoms with E-state index in [1.54, 1.807) is 0 Å². The molecule has 32 heavy (non-hydrogen) atoms. The summed E-state index contributed by atoms with van der Waals surface area (Å²) in [7, 11) is 0. The first kappa shape index (κ1) is 22.8. The summed E-state index contributed by atoms with van der Waals surface area (Å²) in [5.41, 5.74) is 0.781. The van der Waals surface area contributed by atoms with Gasteiger partial charge in [-0.2, -0.15) is 0 Å². The zero-order chi connectivity index (χ0) is 23.1. The lowest BCUT2D eigenvalue weighted by molar-refractivity contribution is -0.166. The van der Waals surface area contributed by atoms with E-state index in [9.17, 15) is 9.59 Å². The van der Waals surface area contributed by atoms with E-state index in [0.29, 0.717) is 30.9 Å². The lowest BCUT2D eigenvalue weighted by atomic mass is 9.64. The molecule has 1 aromatic carbocycles. The molecule has 2 aliphatic rings. The van der Waals surface area contributed by atoms with Crippen molar-refractivity contribution in [3.63, 3.8) is 0 Å². The summed E-state index contributed by atoms with van der Waals surface area (Å²) in [5, 5.41) is 0. The first-order valence-electron chi connectivity index (χ1n) is 12.0. The highest BCUT2D eigenvalue weighted by molar-refractivity contribution is 6.10. The van der Waals surface area contributed by atoms with Crippen molar-refractivity contribution in [2.75, 3.05) is 0 Å². The zero-order valence-electron chi connectivity index (χ0n) is 20.1. The smallest absolute Gasteiger partial charge is 0.327 e. The van der Waals surface area contributed by atoms with Crippen LogP contribution in [0, 0.1) is 25.7 Å². The molecule has 4 atom stereocenters. The largest absolute Gasteiger partial charge is 0.464 e. The molecule has 2 aliphatic carbocycles. The number of furan rings is 1. The van der Waals surface area contributed by atoms with Crippen molar-refractivity contribution >= 4 is 11.8 Å². The minimum absolute atomic E-state index is 0.0704. The van der Waals surface area contributed by atoms with Crippen molar-refractivity contribution < 1.29 is 18.7 Å². The van der Waals surface area contributed by atoms with Crippen molar-refractivity contribution in [2.24, 2.45) is 11.8 Å². The van der Waals surface area contributed by atoms with Gasteiger partial charge in [-0.15, -0.1) is 0 Å². The molecule has 1 heterocycles. The van der Waals surface area contributed by atoms with Crippen LogP contribution >= 0.6 is 0 Å². The third-order valence-electron chi connectivity index (χ3n) is 8.12. The molecule has 2 aromatic rings. The predicted octanol–water partition coefficient (Wildman–Crippen LogP) is 6.21. The molecule has 0 amide bonds. The number of ether oxygens (including phenoxy) is 1. The first-order chi connectivity index (χ1) is 15.2. The molecule has 0 spiro atoms. The first-order valence-corrected chi connectivity index (χ1v) is 12.0. The van der Waals surface area contributed by atoms with Gasteiger partial charge in [-0.3, -0.25) is 9.59 Å². The summed E-state index contributed by atoms with van der Waals surface area (Å²) < 4.78 is 12.3. The van der Waals surface area contributed by atoms with Crippen LogP contribution in [-0.4, -0.2) is 17.9 Å². The second kappa shape index (κ2) is 8.53. The highest BCUT2D eigenvalue weighted by Gasteiger charge is 2.55. The van der Waals surface area contributed by atoms with Crippen molar-refractivity contribution in [3.8, 4) is 0 Å². The molecular weight excluding hydrogens is 400 g/mol. The fraction of sp³-hybridized carbons (Fsp3) is 0.571. The summed E-state index contributed by atoms with van der Waals surface area (Å²) in [6, 6.07) is 12.3. The average Bonchev–Trinajstić information content (AvgIpc) is 3.31. The Hall–Kier alpha value is -2.36. The third kappa shape index (κ3) is 3.82. The van der Waals surface area contributed by atoms with Gasteiger partial charge < -0.3 is 9.15 Å². The maximum absolute atomic E-state index is 13.8. The number of benzene rings is 1. The maximum atomic E-state index is 13.8. The quantitative estimate of drug-likeness (QED) is 0.413. The Morgan fingerprint density at radius 1 is 1.16 bits per heavy atom. The number of esters is 1. The van der Waals surface area contributed by atoms with Gasteiger partial charge in [0, 0.05) is 12.3 Å². The van der Waals surface area contributed by atoms with E-state index >= 15 is 0 Å². The summed E-state index contributed by atoms with van der Waals surface area (Å²) in [6.07, 6.45) is 4.28. The number of Topliss-reactive ketones (excluding diaryl/α,β-unsaturated/α-hetero) is 1. The molecule has 2 fully saturated rings. The van der Waals surface area contributed by atoms with Crippen LogP contribution in [0.5, 0.6) is 0 Å². The van der Waals surface area contributed by atoms with E-state index in [1.807, 2.05) is 26.0 Å². The zero-order valence-corrected chi connectivity index (χ0v) is 20.1. The highest BCUT2D eigenvalue weighted by Crippen LogP contribution is 2.46. The van der Waals surface area contributed by atoms with Crippen molar-refractivity contribution in [1.82, 2.24) is 0 Å². The van der Waals surface area contributed by atoms with E-state index < -0.39 is 11.4 Å². The minimum Gasteiger partial charge on any atom is -0.464 e. The number of ketones is 1. The molecule has 4 nitrogen and oxygen atoms in total. The van der Waals surface area contributed by atoms with Crippen molar-refractivity contribution in [3.05, 3.63) is 59.0 Å². The molecule has 0 radical (unpaired) electrons. The molecule has 0 aliphatic heterocycles. The van der Waals surface area contributed by atoms with E-state index in [4.69, 9.17) is 9.15 Å². The van der Waals surface area contributed by atoms with E-state index in [-0.39, 0.29) is 23.2 Å². The topological polar surface area (TPSA) is 56.5 Å². The highest BCUT2D eigenvalue weighted by atomic mass is 16.5. The Bertz CT molecular complexity index is 967. The molecule has 0 N–H and O–H groups in total. The summed E-state index contributed by atoms with van der Waals surface area (Å²) in [4.78, 5) is 26.9. The molecule has 2 saturated carbocycles. The van der Waals surface area contributed by atoms with Gasteiger partial charge in [0.2, 0.25) is 0 Å². The number of hydrogen-bond acceptors (Lipinski definition) is 4. The second-order valence-corrected chi connectivity index (χ2v) is 10.6. The second-order valence-electron chi connectivity index (χ2n) is 10.6. The summed E-state index contributed by atoms with van der Waals surface area (Å²) in [6.45, 7) is 10.5. The summed E-state index contributed by atoms with van der Waals surface area (Å²) in [5.74, 6) is 1.40. The van der Waals surface area contributed by atoms with Crippen LogP contribution in [0.2, 0.25) is 0 Å². The van der Waals surface area contributed by atoms with Crippen LogP contribution in [0.1, 0.15) is 81.9 Å². The molecule has 4 rings (SSSR count). The third-order valence-corrected chi connectivity index (χ3v) is 8.12. The van der Waals surface area contributed by atoms with Gasteiger partial charge in [-0.25, -0.2) is 0 Å². The van der Waals surface area contributed by atoms with E-state index in [1.165, 1.54) is 5.56 Å². The fourth-order valence-electron chi connectivity index (χ4n) is 5.83. The number of rotatable bonds is 5. The Morgan fingerprint density at radius 3 is 2.47 bits per heavy atom. The maximum Gasteiger partial charge on any atom is 0.327 e. The lowest BCUT2D eigenvalue weighted by Gasteiger charge is -2.44. The standard InChI is InChI=1S/C28H36O4/c1-18-13-14-22(27(4,5)21-10-7-6-8-11-21)23(16-18)32-26(30)28(15-9-12-24(28)29)25-17-19(2)20(3)31-25/h6-8,10-11,17-18,22-23H,9,12-16H2,1-5H3/t18-,22-,23-,28?/m1/s1. The van der Waals surface area contributed by atoms with Gasteiger partial charge in [0.25, 0.3) is 0 Å². The molecule has 0 bridgehead atoms. The SMILES string of the molecule is Cc1cc(C2(C(=O)O[C@@H]3C[C@H](C)CC[C@H]3C(C)(C)c3ccccc3)CCCC2=O)oc1C. The van der Waals surface area contributed by atoms with E-state index in [2.05, 4.69) is 45.0 Å². The number of hydrogen-bond donors (Lipinski definition) is 0. The monoisotopic (exact) mass is 436 g/mol. The minimum atomic E-state index is -1.29. The number of carbonyl (C=O) groups is 2. The van der Waals surface area contributed by atoms with Crippen molar-refractivity contribution in [1.29, 1.82) is 0 Å². The van der Waals surface area contributed by atoms with Crippen LogP contribution in [-0.2, 0) is 25.2 Å². The Balaban J connectivity index is 1.66. The molecule has 1 unspecified atom stereocenters. The van der Waals surface area contributed by atoms with Crippen LogP contribution in [0.15, 0.2) is 40.8 Å².